The summed E-state index contributed by atoms with van der Waals surface area (Å²) >= 11 is 0. The first-order chi connectivity index (χ1) is 13.7. The SMILES string of the molecule is O=C(CCC1Cc2ccccc2NC1=O)NCc1cnn(-c2ccccc2)c1. The second-order valence-electron chi connectivity index (χ2n) is 6.99. The summed E-state index contributed by atoms with van der Waals surface area (Å²) in [6.07, 6.45) is 5.20. The summed E-state index contributed by atoms with van der Waals surface area (Å²) < 4.78 is 1.78. The molecule has 2 heterocycles. The molecule has 142 valence electrons. The number of aromatic nitrogens is 2. The van der Waals surface area contributed by atoms with Crippen LogP contribution in [0.15, 0.2) is 67.0 Å². The van der Waals surface area contributed by atoms with Crippen molar-refractivity contribution in [1.29, 1.82) is 0 Å². The molecule has 0 bridgehead atoms. The molecule has 1 unspecified atom stereocenters. The molecular formula is C22H22N4O2. The van der Waals surface area contributed by atoms with Gasteiger partial charge in [0, 0.05) is 36.3 Å². The van der Waals surface area contributed by atoms with E-state index in [0.717, 1.165) is 22.5 Å². The molecule has 0 spiro atoms. The minimum absolute atomic E-state index is 0.00404. The fraction of sp³-hybridized carbons (Fsp3) is 0.227. The predicted octanol–water partition coefficient (Wildman–Crippen LogP) is 3.08. The Morgan fingerprint density at radius 2 is 1.93 bits per heavy atom. The Morgan fingerprint density at radius 3 is 2.79 bits per heavy atom. The van der Waals surface area contributed by atoms with E-state index in [2.05, 4.69) is 15.7 Å². The van der Waals surface area contributed by atoms with Crippen molar-refractivity contribution in [2.75, 3.05) is 5.32 Å². The van der Waals surface area contributed by atoms with Gasteiger partial charge in [0.1, 0.15) is 0 Å². The smallest absolute Gasteiger partial charge is 0.227 e. The molecule has 1 aliphatic heterocycles. The van der Waals surface area contributed by atoms with Crippen LogP contribution in [0.3, 0.4) is 0 Å². The highest BCUT2D eigenvalue weighted by Gasteiger charge is 2.26. The van der Waals surface area contributed by atoms with Crippen molar-refractivity contribution >= 4 is 17.5 Å². The van der Waals surface area contributed by atoms with Crippen molar-refractivity contribution in [3.05, 3.63) is 78.1 Å². The van der Waals surface area contributed by atoms with Crippen LogP contribution in [0.2, 0.25) is 0 Å². The van der Waals surface area contributed by atoms with Crippen LogP contribution in [-0.2, 0) is 22.6 Å². The molecule has 28 heavy (non-hydrogen) atoms. The van der Waals surface area contributed by atoms with Gasteiger partial charge in [-0.25, -0.2) is 4.68 Å². The third-order valence-corrected chi connectivity index (χ3v) is 4.98. The molecule has 0 fully saturated rings. The van der Waals surface area contributed by atoms with Gasteiger partial charge in [0.2, 0.25) is 11.8 Å². The third kappa shape index (κ3) is 4.11. The highest BCUT2D eigenvalue weighted by atomic mass is 16.2. The Bertz CT molecular complexity index is 981. The summed E-state index contributed by atoms with van der Waals surface area (Å²) in [7, 11) is 0. The van der Waals surface area contributed by atoms with Gasteiger partial charge in [-0.3, -0.25) is 9.59 Å². The van der Waals surface area contributed by atoms with Gasteiger partial charge in [0.05, 0.1) is 11.9 Å². The molecule has 0 saturated carbocycles. The number of benzene rings is 2. The van der Waals surface area contributed by atoms with Crippen LogP contribution in [0, 0.1) is 5.92 Å². The van der Waals surface area contributed by atoms with E-state index in [1.165, 1.54) is 0 Å². The van der Waals surface area contributed by atoms with Gasteiger partial charge in [0.25, 0.3) is 0 Å². The number of hydrogen-bond donors (Lipinski definition) is 2. The van der Waals surface area contributed by atoms with Crippen molar-refractivity contribution in [2.45, 2.75) is 25.8 Å². The van der Waals surface area contributed by atoms with E-state index in [1.807, 2.05) is 60.8 Å². The molecule has 6 nitrogen and oxygen atoms in total. The standard InChI is InChI=1S/C22H22N4O2/c27-21(11-10-18-12-17-6-4-5-9-20(17)25-22(18)28)23-13-16-14-24-26(15-16)19-7-2-1-3-8-19/h1-9,14-15,18H,10-13H2,(H,23,27)(H,25,28). The zero-order valence-corrected chi connectivity index (χ0v) is 15.5. The van der Waals surface area contributed by atoms with E-state index in [0.29, 0.717) is 25.8 Å². The zero-order valence-electron chi connectivity index (χ0n) is 15.5. The van der Waals surface area contributed by atoms with E-state index in [9.17, 15) is 9.59 Å². The number of amides is 2. The Hall–Kier alpha value is -3.41. The van der Waals surface area contributed by atoms with E-state index in [-0.39, 0.29) is 17.7 Å². The van der Waals surface area contributed by atoms with Crippen LogP contribution in [-0.4, -0.2) is 21.6 Å². The number of hydrogen-bond acceptors (Lipinski definition) is 3. The van der Waals surface area contributed by atoms with Crippen LogP contribution in [0.1, 0.15) is 24.0 Å². The highest BCUT2D eigenvalue weighted by molar-refractivity contribution is 5.96. The predicted molar refractivity (Wildman–Crippen MR) is 107 cm³/mol. The Labute approximate surface area is 163 Å². The second kappa shape index (κ2) is 8.08. The summed E-state index contributed by atoms with van der Waals surface area (Å²) in [6.45, 7) is 0.422. The average Bonchev–Trinajstić information content (AvgIpc) is 3.20. The maximum atomic E-state index is 12.2. The number of para-hydroxylation sites is 2. The Morgan fingerprint density at radius 1 is 1.14 bits per heavy atom. The molecular weight excluding hydrogens is 352 g/mol. The average molecular weight is 374 g/mol. The van der Waals surface area contributed by atoms with Gasteiger partial charge in [-0.15, -0.1) is 0 Å². The Balaban J connectivity index is 1.26. The number of fused-ring (bicyclic) bond motifs is 1. The van der Waals surface area contributed by atoms with Gasteiger partial charge in [-0.05, 0) is 36.6 Å². The lowest BCUT2D eigenvalue weighted by Crippen LogP contribution is -2.31. The summed E-state index contributed by atoms with van der Waals surface area (Å²) in [6, 6.07) is 17.6. The molecule has 3 aromatic rings. The number of rotatable bonds is 6. The van der Waals surface area contributed by atoms with E-state index < -0.39 is 0 Å². The largest absolute Gasteiger partial charge is 0.352 e. The lowest BCUT2D eigenvalue weighted by Gasteiger charge is -2.24. The summed E-state index contributed by atoms with van der Waals surface area (Å²) in [4.78, 5) is 24.5. The molecule has 0 saturated heterocycles. The minimum Gasteiger partial charge on any atom is -0.352 e. The first-order valence-corrected chi connectivity index (χ1v) is 9.43. The van der Waals surface area contributed by atoms with E-state index >= 15 is 0 Å². The topological polar surface area (TPSA) is 76.0 Å². The molecule has 0 aliphatic carbocycles. The van der Waals surface area contributed by atoms with Gasteiger partial charge in [-0.2, -0.15) is 5.10 Å². The van der Waals surface area contributed by atoms with Gasteiger partial charge < -0.3 is 10.6 Å². The molecule has 4 rings (SSSR count). The lowest BCUT2D eigenvalue weighted by molar-refractivity contribution is -0.122. The normalized spacial score (nSPS) is 15.6. The van der Waals surface area contributed by atoms with Crippen molar-refractivity contribution < 1.29 is 9.59 Å². The van der Waals surface area contributed by atoms with Gasteiger partial charge in [0.15, 0.2) is 0 Å². The summed E-state index contributed by atoms with van der Waals surface area (Å²) in [5.74, 6) is -0.226. The lowest BCUT2D eigenvalue weighted by atomic mass is 9.89. The van der Waals surface area contributed by atoms with Gasteiger partial charge >= 0.3 is 0 Å². The Kier molecular flexibility index (Phi) is 5.19. The van der Waals surface area contributed by atoms with Gasteiger partial charge in [-0.1, -0.05) is 36.4 Å². The number of nitrogens with zero attached hydrogens (tertiary/aromatic N) is 2. The van der Waals surface area contributed by atoms with Crippen LogP contribution in [0.4, 0.5) is 5.69 Å². The maximum Gasteiger partial charge on any atom is 0.227 e. The van der Waals surface area contributed by atoms with Crippen LogP contribution in [0.5, 0.6) is 0 Å². The molecule has 0 radical (unpaired) electrons. The number of nitrogens with one attached hydrogen (secondary N) is 2. The monoisotopic (exact) mass is 374 g/mol. The number of carbonyl (C=O) groups excluding carboxylic acids is 2. The molecule has 1 aliphatic rings. The van der Waals surface area contributed by atoms with Crippen LogP contribution in [0.25, 0.3) is 5.69 Å². The molecule has 2 N–H and O–H groups in total. The highest BCUT2D eigenvalue weighted by Crippen LogP contribution is 2.27. The molecule has 6 heteroatoms. The third-order valence-electron chi connectivity index (χ3n) is 4.98. The van der Waals surface area contributed by atoms with E-state index in [1.54, 1.807) is 10.9 Å². The van der Waals surface area contributed by atoms with Crippen molar-refractivity contribution in [1.82, 2.24) is 15.1 Å². The van der Waals surface area contributed by atoms with Crippen molar-refractivity contribution in [2.24, 2.45) is 5.92 Å². The van der Waals surface area contributed by atoms with Crippen molar-refractivity contribution in [3.8, 4) is 5.69 Å². The first-order valence-electron chi connectivity index (χ1n) is 9.43. The second-order valence-corrected chi connectivity index (χ2v) is 6.99. The minimum atomic E-state index is -0.165. The molecule has 2 amide bonds. The fourth-order valence-corrected chi connectivity index (χ4v) is 3.41. The number of anilines is 1. The van der Waals surface area contributed by atoms with Crippen LogP contribution < -0.4 is 10.6 Å². The molecule has 2 aromatic carbocycles. The van der Waals surface area contributed by atoms with E-state index in [4.69, 9.17) is 0 Å². The summed E-state index contributed by atoms with van der Waals surface area (Å²) in [5, 5.41) is 10.2. The maximum absolute atomic E-state index is 12.2. The van der Waals surface area contributed by atoms with Crippen LogP contribution >= 0.6 is 0 Å². The van der Waals surface area contributed by atoms with Crippen molar-refractivity contribution in [3.63, 3.8) is 0 Å². The first kappa shape index (κ1) is 18.0. The zero-order chi connectivity index (χ0) is 19.3. The molecule has 1 atom stereocenters. The summed E-state index contributed by atoms with van der Waals surface area (Å²) in [5.41, 5.74) is 3.91. The molecule has 1 aromatic heterocycles. The number of carbonyl (C=O) groups is 2. The quantitative estimate of drug-likeness (QED) is 0.696. The fourth-order valence-electron chi connectivity index (χ4n) is 3.41.